The summed E-state index contributed by atoms with van der Waals surface area (Å²) in [4.78, 5) is 13.0. The van der Waals surface area contributed by atoms with Gasteiger partial charge in [-0.3, -0.25) is 4.79 Å². The van der Waals surface area contributed by atoms with Gasteiger partial charge in [-0.15, -0.1) is 16.4 Å². The third kappa shape index (κ3) is 5.23. The van der Waals surface area contributed by atoms with Gasteiger partial charge in [-0.2, -0.15) is 0 Å². The molecule has 0 aliphatic rings. The Labute approximate surface area is 165 Å². The summed E-state index contributed by atoms with van der Waals surface area (Å²) >= 11 is 1.44. The number of carbonyl (C=O) groups is 1. The van der Waals surface area contributed by atoms with Crippen molar-refractivity contribution in [2.75, 3.05) is 6.54 Å². The topological polar surface area (TPSA) is 140 Å². The molecule has 3 aromatic rings. The number of hydrogen-bond donors (Lipinski definition) is 3. The van der Waals surface area contributed by atoms with E-state index in [4.69, 9.17) is 5.14 Å². The minimum absolute atomic E-state index is 0.0432. The normalized spacial score (nSPS) is 12.6. The summed E-state index contributed by atoms with van der Waals surface area (Å²) in [5.41, 5.74) is 1.01. The molecule has 1 amide bonds. The Bertz CT molecular complexity index is 1030. The second-order valence-corrected chi connectivity index (χ2v) is 8.59. The summed E-state index contributed by atoms with van der Waals surface area (Å²) in [7, 11) is -3.71. The van der Waals surface area contributed by atoms with Crippen LogP contribution < -0.4 is 10.5 Å². The number of thiophene rings is 1. The zero-order valence-electron chi connectivity index (χ0n) is 14.7. The van der Waals surface area contributed by atoms with Gasteiger partial charge in [0.25, 0.3) is 5.91 Å². The molecule has 148 valence electrons. The van der Waals surface area contributed by atoms with Gasteiger partial charge in [0.05, 0.1) is 17.6 Å². The monoisotopic (exact) mass is 421 g/mol. The highest BCUT2D eigenvalue weighted by Gasteiger charge is 2.14. The maximum atomic E-state index is 12.2. The van der Waals surface area contributed by atoms with E-state index in [0.29, 0.717) is 13.0 Å². The van der Waals surface area contributed by atoms with E-state index in [0.717, 1.165) is 10.4 Å². The third-order valence-electron chi connectivity index (χ3n) is 3.95. The first kappa shape index (κ1) is 20.1. The molecule has 0 fully saturated rings. The van der Waals surface area contributed by atoms with Crippen LogP contribution in [0.4, 0.5) is 0 Å². The number of rotatable bonds is 8. The molecule has 0 aliphatic carbocycles. The summed E-state index contributed by atoms with van der Waals surface area (Å²) in [5, 5.41) is 27.5. The fourth-order valence-corrected chi connectivity index (χ4v) is 3.71. The highest BCUT2D eigenvalue weighted by molar-refractivity contribution is 7.89. The lowest BCUT2D eigenvalue weighted by molar-refractivity contribution is 0.0949. The number of nitrogens with one attached hydrogen (secondary N) is 1. The first-order valence-electron chi connectivity index (χ1n) is 8.34. The summed E-state index contributed by atoms with van der Waals surface area (Å²) in [6, 6.07) is 9.83. The van der Waals surface area contributed by atoms with Crippen LogP contribution in [0.3, 0.4) is 0 Å². The Hall–Kier alpha value is -2.60. The smallest absolute Gasteiger partial charge is 0.273 e. The van der Waals surface area contributed by atoms with Crippen molar-refractivity contribution in [1.29, 1.82) is 0 Å². The van der Waals surface area contributed by atoms with E-state index in [9.17, 15) is 18.3 Å². The van der Waals surface area contributed by atoms with Gasteiger partial charge in [-0.25, -0.2) is 18.2 Å². The van der Waals surface area contributed by atoms with E-state index in [1.54, 1.807) is 12.1 Å². The van der Waals surface area contributed by atoms with Crippen LogP contribution in [0, 0.1) is 0 Å². The Kier molecular flexibility index (Phi) is 6.19. The lowest BCUT2D eigenvalue weighted by Crippen LogP contribution is -2.26. The van der Waals surface area contributed by atoms with Crippen LogP contribution in [0.1, 0.15) is 27.0 Å². The fraction of sp³-hybridized carbons (Fsp3) is 0.235. The lowest BCUT2D eigenvalue weighted by atomic mass is 10.1. The molecular weight excluding hydrogens is 402 g/mol. The highest BCUT2D eigenvalue weighted by atomic mass is 32.2. The van der Waals surface area contributed by atoms with Gasteiger partial charge in [0.1, 0.15) is 6.10 Å². The first-order chi connectivity index (χ1) is 13.3. The third-order valence-corrected chi connectivity index (χ3v) is 5.86. The molecule has 0 saturated carbocycles. The molecule has 1 aromatic carbocycles. The molecule has 2 aromatic heterocycles. The van der Waals surface area contributed by atoms with Crippen LogP contribution in [0.2, 0.25) is 0 Å². The van der Waals surface area contributed by atoms with Crippen LogP contribution in [-0.2, 0) is 23.0 Å². The maximum absolute atomic E-state index is 12.2. The van der Waals surface area contributed by atoms with Crippen molar-refractivity contribution >= 4 is 27.3 Å². The lowest BCUT2D eigenvalue weighted by Gasteiger charge is -2.07. The fourth-order valence-electron chi connectivity index (χ4n) is 2.50. The number of nitrogens with zero attached hydrogens (tertiary/aromatic N) is 3. The van der Waals surface area contributed by atoms with Crippen molar-refractivity contribution in [1.82, 2.24) is 20.3 Å². The van der Waals surface area contributed by atoms with Crippen molar-refractivity contribution in [3.63, 3.8) is 0 Å². The predicted octanol–water partition coefficient (Wildman–Crippen LogP) is 0.693. The number of carbonyl (C=O) groups excluding carboxylic acids is 1. The minimum Gasteiger partial charge on any atom is -0.386 e. The number of benzene rings is 1. The average Bonchev–Trinajstić information content (AvgIpc) is 3.33. The van der Waals surface area contributed by atoms with Gasteiger partial charge in [0, 0.05) is 11.4 Å². The van der Waals surface area contributed by atoms with Crippen LogP contribution in [0.5, 0.6) is 0 Å². The second kappa shape index (κ2) is 8.61. The molecular formula is C17H19N5O4S2. The Morgan fingerprint density at radius 3 is 2.68 bits per heavy atom. The van der Waals surface area contributed by atoms with Crippen molar-refractivity contribution in [3.05, 3.63) is 64.1 Å². The second-order valence-electron chi connectivity index (χ2n) is 6.05. The van der Waals surface area contributed by atoms with Gasteiger partial charge >= 0.3 is 0 Å². The molecule has 1 atom stereocenters. The molecule has 0 aliphatic heterocycles. The van der Waals surface area contributed by atoms with E-state index in [1.807, 2.05) is 17.5 Å². The zero-order valence-corrected chi connectivity index (χ0v) is 16.4. The SMILES string of the molecule is NS(=O)(=O)c1ccc(CCNC(=O)c2cn(C[C@H](O)c3cccs3)nn2)cc1. The molecule has 0 saturated heterocycles. The molecule has 9 nitrogen and oxygen atoms in total. The van der Waals surface area contributed by atoms with E-state index < -0.39 is 16.1 Å². The number of aromatic nitrogens is 3. The van der Waals surface area contributed by atoms with Crippen LogP contribution in [0.15, 0.2) is 52.9 Å². The first-order valence-corrected chi connectivity index (χ1v) is 10.8. The van der Waals surface area contributed by atoms with E-state index >= 15 is 0 Å². The van der Waals surface area contributed by atoms with Gasteiger partial charge in [0.2, 0.25) is 10.0 Å². The number of amides is 1. The summed E-state index contributed by atoms with van der Waals surface area (Å²) < 4.78 is 23.9. The number of sulfonamides is 1. The average molecular weight is 422 g/mol. The number of primary sulfonamides is 1. The molecule has 11 heteroatoms. The number of hydrogen-bond acceptors (Lipinski definition) is 7. The molecule has 0 unspecified atom stereocenters. The summed E-state index contributed by atoms with van der Waals surface area (Å²) in [5.74, 6) is -0.377. The van der Waals surface area contributed by atoms with Gasteiger partial charge in [0.15, 0.2) is 5.69 Å². The van der Waals surface area contributed by atoms with Crippen LogP contribution >= 0.6 is 11.3 Å². The van der Waals surface area contributed by atoms with Gasteiger partial charge < -0.3 is 10.4 Å². The molecule has 28 heavy (non-hydrogen) atoms. The quantitative estimate of drug-likeness (QED) is 0.489. The molecule has 0 bridgehead atoms. The van der Waals surface area contributed by atoms with E-state index in [1.165, 1.54) is 34.3 Å². The van der Waals surface area contributed by atoms with Crippen LogP contribution in [-0.4, -0.2) is 41.0 Å². The predicted molar refractivity (Wildman–Crippen MR) is 103 cm³/mol. The molecule has 3 rings (SSSR count). The Morgan fingerprint density at radius 2 is 2.04 bits per heavy atom. The summed E-state index contributed by atoms with van der Waals surface area (Å²) in [6.45, 7) is 0.551. The van der Waals surface area contributed by atoms with Gasteiger partial charge in [-0.05, 0) is 35.6 Å². The summed E-state index contributed by atoms with van der Waals surface area (Å²) in [6.07, 6.45) is 1.28. The molecule has 0 spiro atoms. The van der Waals surface area contributed by atoms with Crippen molar-refractivity contribution in [2.24, 2.45) is 5.14 Å². The molecule has 2 heterocycles. The van der Waals surface area contributed by atoms with E-state index in [2.05, 4.69) is 15.6 Å². The van der Waals surface area contributed by atoms with Gasteiger partial charge in [-0.1, -0.05) is 23.4 Å². The number of nitrogens with two attached hydrogens (primary N) is 1. The molecule has 4 N–H and O–H groups in total. The van der Waals surface area contributed by atoms with Crippen LogP contribution in [0.25, 0.3) is 0 Å². The van der Waals surface area contributed by atoms with E-state index in [-0.39, 0.29) is 23.0 Å². The number of aliphatic hydroxyl groups is 1. The van der Waals surface area contributed by atoms with Crippen molar-refractivity contribution in [2.45, 2.75) is 24.0 Å². The maximum Gasteiger partial charge on any atom is 0.273 e. The Morgan fingerprint density at radius 1 is 1.29 bits per heavy atom. The highest BCUT2D eigenvalue weighted by Crippen LogP contribution is 2.19. The zero-order chi connectivity index (χ0) is 20.1. The Balaban J connectivity index is 1.49. The molecule has 0 radical (unpaired) electrons. The van der Waals surface area contributed by atoms with Crippen molar-refractivity contribution in [3.8, 4) is 0 Å². The minimum atomic E-state index is -3.71. The standard InChI is InChI=1S/C17H19N5O4S2/c18-28(25,26)13-5-3-12(4-6-13)7-8-19-17(24)14-10-22(21-20-14)11-15(23)16-2-1-9-27-16/h1-6,9-10,15,23H,7-8,11H2,(H,19,24)(H2,18,25,26)/t15-/m0/s1. The largest absolute Gasteiger partial charge is 0.386 e. The van der Waals surface area contributed by atoms with Crippen molar-refractivity contribution < 1.29 is 18.3 Å². The number of aliphatic hydroxyl groups excluding tert-OH is 1.